The highest BCUT2D eigenvalue weighted by atomic mass is 35.5. The monoisotopic (exact) mass is 276 g/mol. The summed E-state index contributed by atoms with van der Waals surface area (Å²) in [6.45, 7) is 0. The van der Waals surface area contributed by atoms with Gasteiger partial charge in [-0.3, -0.25) is 10.1 Å². The number of rotatable bonds is 3. The minimum absolute atomic E-state index is 0. The molecule has 0 bridgehead atoms. The van der Waals surface area contributed by atoms with Crippen LogP contribution >= 0.6 is 24.0 Å². The van der Waals surface area contributed by atoms with Crippen molar-refractivity contribution >= 4 is 29.7 Å². The molecule has 4 nitrogen and oxygen atoms in total. The lowest BCUT2D eigenvalue weighted by atomic mass is 9.77. The molecule has 0 aliphatic heterocycles. The Morgan fingerprint density at radius 2 is 2.12 bits per heavy atom. The van der Waals surface area contributed by atoms with Crippen LogP contribution in [0.15, 0.2) is 18.2 Å². The molecule has 1 fully saturated rings. The highest BCUT2D eigenvalue weighted by Crippen LogP contribution is 2.39. The lowest BCUT2D eigenvalue weighted by Crippen LogP contribution is -2.27. The first-order valence-electron chi connectivity index (χ1n) is 5.29. The number of nitrogens with zero attached hydrogens (tertiary/aromatic N) is 1. The summed E-state index contributed by atoms with van der Waals surface area (Å²) in [6.07, 6.45) is 3.25. The maximum Gasteiger partial charge on any atom is 0.274 e. The number of halogens is 2. The minimum atomic E-state index is -0.399. The third-order valence-corrected chi connectivity index (χ3v) is 3.44. The second-order valence-electron chi connectivity index (χ2n) is 4.18. The Bertz CT molecular complexity index is 422. The van der Waals surface area contributed by atoms with E-state index in [4.69, 9.17) is 17.3 Å². The normalized spacial score (nSPS) is 16.8. The first-order valence-corrected chi connectivity index (χ1v) is 5.67. The summed E-state index contributed by atoms with van der Waals surface area (Å²) in [5.74, 6) is 0.358. The average Bonchev–Trinajstić information content (AvgIpc) is 2.14. The first-order chi connectivity index (χ1) is 7.59. The van der Waals surface area contributed by atoms with E-state index in [-0.39, 0.29) is 24.1 Å². The van der Waals surface area contributed by atoms with Crippen LogP contribution in [0.2, 0.25) is 5.02 Å². The fourth-order valence-corrected chi connectivity index (χ4v) is 2.19. The van der Waals surface area contributed by atoms with Gasteiger partial charge in [-0.1, -0.05) is 18.0 Å². The van der Waals surface area contributed by atoms with Crippen LogP contribution in [0.3, 0.4) is 0 Å². The molecule has 1 aliphatic rings. The van der Waals surface area contributed by atoms with E-state index in [0.717, 1.165) is 19.3 Å². The van der Waals surface area contributed by atoms with Gasteiger partial charge in [0.25, 0.3) is 5.69 Å². The molecule has 94 valence electrons. The van der Waals surface area contributed by atoms with E-state index < -0.39 is 4.92 Å². The van der Waals surface area contributed by atoms with E-state index in [1.807, 2.05) is 0 Å². The molecule has 1 saturated carbocycles. The second kappa shape index (κ2) is 5.67. The number of hydrogen-bond donors (Lipinski definition) is 1. The summed E-state index contributed by atoms with van der Waals surface area (Å²) in [6, 6.07) is 4.29. The quantitative estimate of drug-likeness (QED) is 0.679. The third-order valence-electron chi connectivity index (χ3n) is 3.20. The predicted octanol–water partition coefficient (Wildman–Crippen LogP) is 3.47. The minimum Gasteiger partial charge on any atom is -0.324 e. The molecule has 1 aromatic carbocycles. The molecule has 2 N–H and O–H groups in total. The van der Waals surface area contributed by atoms with Crippen LogP contribution in [0, 0.1) is 16.0 Å². The van der Waals surface area contributed by atoms with Gasteiger partial charge in [-0.2, -0.15) is 0 Å². The molecule has 1 atom stereocenters. The largest absolute Gasteiger partial charge is 0.324 e. The van der Waals surface area contributed by atoms with Crippen LogP contribution in [0.1, 0.15) is 30.9 Å². The molecule has 0 radical (unpaired) electrons. The summed E-state index contributed by atoms with van der Waals surface area (Å²) in [4.78, 5) is 10.5. The summed E-state index contributed by atoms with van der Waals surface area (Å²) in [5, 5.41) is 11.4. The maximum atomic E-state index is 10.9. The highest BCUT2D eigenvalue weighted by Gasteiger charge is 2.30. The maximum absolute atomic E-state index is 10.9. The van der Waals surface area contributed by atoms with Gasteiger partial charge in [0.1, 0.15) is 0 Å². The Labute approximate surface area is 111 Å². The van der Waals surface area contributed by atoms with Gasteiger partial charge in [0.05, 0.1) is 4.92 Å². The van der Waals surface area contributed by atoms with Crippen LogP contribution in [0.4, 0.5) is 5.69 Å². The molecule has 17 heavy (non-hydrogen) atoms. The predicted molar refractivity (Wildman–Crippen MR) is 69.6 cm³/mol. The molecule has 0 unspecified atom stereocenters. The summed E-state index contributed by atoms with van der Waals surface area (Å²) < 4.78 is 0. The Morgan fingerprint density at radius 1 is 1.47 bits per heavy atom. The Morgan fingerprint density at radius 3 is 2.59 bits per heavy atom. The first kappa shape index (κ1) is 14.2. The molecular weight excluding hydrogens is 263 g/mol. The van der Waals surface area contributed by atoms with Crippen LogP contribution in [0.5, 0.6) is 0 Å². The zero-order valence-corrected chi connectivity index (χ0v) is 10.7. The summed E-state index contributed by atoms with van der Waals surface area (Å²) >= 11 is 5.85. The van der Waals surface area contributed by atoms with Gasteiger partial charge in [-0.05, 0) is 30.9 Å². The Hall–Kier alpha value is -0.840. The van der Waals surface area contributed by atoms with Crippen molar-refractivity contribution in [3.8, 4) is 0 Å². The molecule has 1 aliphatic carbocycles. The van der Waals surface area contributed by atoms with E-state index in [0.29, 0.717) is 16.5 Å². The number of nitro benzene ring substituents is 1. The van der Waals surface area contributed by atoms with Gasteiger partial charge in [-0.25, -0.2) is 0 Å². The lowest BCUT2D eigenvalue weighted by molar-refractivity contribution is -0.385. The van der Waals surface area contributed by atoms with Crippen molar-refractivity contribution in [1.82, 2.24) is 0 Å². The van der Waals surface area contributed by atoms with Gasteiger partial charge >= 0.3 is 0 Å². The van der Waals surface area contributed by atoms with E-state index >= 15 is 0 Å². The van der Waals surface area contributed by atoms with Crippen LogP contribution in [0.25, 0.3) is 0 Å². The van der Waals surface area contributed by atoms with Gasteiger partial charge in [0.2, 0.25) is 0 Å². The van der Waals surface area contributed by atoms with Crippen LogP contribution < -0.4 is 5.73 Å². The van der Waals surface area contributed by atoms with Crippen LogP contribution in [-0.4, -0.2) is 4.92 Å². The van der Waals surface area contributed by atoms with Crippen molar-refractivity contribution in [2.24, 2.45) is 11.7 Å². The molecule has 0 aromatic heterocycles. The average molecular weight is 277 g/mol. The zero-order valence-electron chi connectivity index (χ0n) is 9.14. The highest BCUT2D eigenvalue weighted by molar-refractivity contribution is 6.30. The second-order valence-corrected chi connectivity index (χ2v) is 4.61. The van der Waals surface area contributed by atoms with E-state index in [1.165, 1.54) is 12.1 Å². The molecular formula is C11H14Cl2N2O2. The molecule has 0 amide bonds. The standard InChI is InChI=1S/C11H13ClN2O2.ClH/c12-8-4-5-10(14(15)16)9(6-8)11(13)7-2-1-3-7;/h4-7,11H,1-3,13H2;1H/t11-;/m1./s1. The molecule has 0 heterocycles. The van der Waals surface area contributed by atoms with Crippen molar-refractivity contribution in [3.63, 3.8) is 0 Å². The van der Waals surface area contributed by atoms with Gasteiger partial charge in [0.15, 0.2) is 0 Å². The number of benzene rings is 1. The van der Waals surface area contributed by atoms with Crippen molar-refractivity contribution < 1.29 is 4.92 Å². The fourth-order valence-electron chi connectivity index (χ4n) is 2.01. The zero-order chi connectivity index (χ0) is 11.7. The molecule has 0 spiro atoms. The number of nitrogens with two attached hydrogens (primary N) is 1. The van der Waals surface area contributed by atoms with Crippen molar-refractivity contribution in [1.29, 1.82) is 0 Å². The third kappa shape index (κ3) is 2.89. The van der Waals surface area contributed by atoms with Crippen molar-refractivity contribution in [2.75, 3.05) is 0 Å². The van der Waals surface area contributed by atoms with Crippen molar-refractivity contribution in [2.45, 2.75) is 25.3 Å². The lowest BCUT2D eigenvalue weighted by Gasteiger charge is -2.31. The van der Waals surface area contributed by atoms with E-state index in [9.17, 15) is 10.1 Å². The topological polar surface area (TPSA) is 69.2 Å². The van der Waals surface area contributed by atoms with Crippen LogP contribution in [-0.2, 0) is 0 Å². The number of hydrogen-bond acceptors (Lipinski definition) is 3. The number of nitro groups is 1. The Balaban J connectivity index is 0.00000144. The van der Waals surface area contributed by atoms with Crippen molar-refractivity contribution in [3.05, 3.63) is 38.9 Å². The summed E-state index contributed by atoms with van der Waals surface area (Å²) in [5.41, 5.74) is 6.68. The SMILES string of the molecule is Cl.N[C@@H](c1cc(Cl)ccc1[N+](=O)[O-])C1CCC1. The molecule has 6 heteroatoms. The van der Waals surface area contributed by atoms with E-state index in [1.54, 1.807) is 6.07 Å². The van der Waals surface area contributed by atoms with Gasteiger partial charge < -0.3 is 5.73 Å². The fraction of sp³-hybridized carbons (Fsp3) is 0.455. The van der Waals surface area contributed by atoms with Gasteiger partial charge in [0, 0.05) is 22.7 Å². The Kier molecular flexibility index (Phi) is 4.74. The van der Waals surface area contributed by atoms with Gasteiger partial charge in [-0.15, -0.1) is 12.4 Å². The molecule has 1 aromatic rings. The molecule has 2 rings (SSSR count). The van der Waals surface area contributed by atoms with E-state index in [2.05, 4.69) is 0 Å². The smallest absolute Gasteiger partial charge is 0.274 e. The summed E-state index contributed by atoms with van der Waals surface area (Å²) in [7, 11) is 0. The molecule has 0 saturated heterocycles.